The summed E-state index contributed by atoms with van der Waals surface area (Å²) in [5.41, 5.74) is 0. The highest BCUT2D eigenvalue weighted by Gasteiger charge is 2.25. The SMILES string of the molecule is CCOc1ccnc(N2CCOCC2CNC(C)C)n1. The van der Waals surface area contributed by atoms with Gasteiger partial charge in [-0.25, -0.2) is 4.98 Å². The van der Waals surface area contributed by atoms with E-state index in [1.54, 1.807) is 12.3 Å². The van der Waals surface area contributed by atoms with Crippen molar-refractivity contribution < 1.29 is 9.47 Å². The number of morpholine rings is 1. The summed E-state index contributed by atoms with van der Waals surface area (Å²) in [6, 6.07) is 2.49. The second-order valence-corrected chi connectivity index (χ2v) is 5.11. The summed E-state index contributed by atoms with van der Waals surface area (Å²) >= 11 is 0. The molecule has 0 saturated carbocycles. The summed E-state index contributed by atoms with van der Waals surface area (Å²) < 4.78 is 11.0. The lowest BCUT2D eigenvalue weighted by Crippen LogP contribution is -2.52. The summed E-state index contributed by atoms with van der Waals surface area (Å²) in [7, 11) is 0. The third-order valence-corrected chi connectivity index (χ3v) is 3.16. The number of aromatic nitrogens is 2. The lowest BCUT2D eigenvalue weighted by atomic mass is 10.2. The molecule has 1 aromatic heterocycles. The van der Waals surface area contributed by atoms with Crippen molar-refractivity contribution in [1.82, 2.24) is 15.3 Å². The first-order valence-electron chi connectivity index (χ1n) is 7.24. The molecule has 2 rings (SSSR count). The zero-order chi connectivity index (χ0) is 14.4. The van der Waals surface area contributed by atoms with E-state index in [0.717, 1.165) is 19.0 Å². The van der Waals surface area contributed by atoms with Gasteiger partial charge in [0.1, 0.15) is 0 Å². The number of rotatable bonds is 6. The van der Waals surface area contributed by atoms with Crippen LogP contribution in [0.3, 0.4) is 0 Å². The monoisotopic (exact) mass is 280 g/mol. The smallest absolute Gasteiger partial charge is 0.229 e. The first-order valence-corrected chi connectivity index (χ1v) is 7.24. The Balaban J connectivity index is 2.08. The van der Waals surface area contributed by atoms with Crippen LogP contribution in [-0.2, 0) is 4.74 Å². The molecule has 1 aromatic rings. The molecule has 2 heterocycles. The van der Waals surface area contributed by atoms with Crippen molar-refractivity contribution in [2.45, 2.75) is 32.9 Å². The maximum Gasteiger partial charge on any atom is 0.229 e. The van der Waals surface area contributed by atoms with Gasteiger partial charge >= 0.3 is 0 Å². The Kier molecular flexibility index (Phi) is 5.55. The normalized spacial score (nSPS) is 19.4. The first kappa shape index (κ1) is 15.0. The summed E-state index contributed by atoms with van der Waals surface area (Å²) in [5, 5.41) is 3.45. The fraction of sp³-hybridized carbons (Fsp3) is 0.714. The van der Waals surface area contributed by atoms with Crippen molar-refractivity contribution in [2.75, 3.05) is 37.8 Å². The molecule has 0 spiro atoms. The van der Waals surface area contributed by atoms with E-state index in [1.807, 2.05) is 6.92 Å². The van der Waals surface area contributed by atoms with E-state index in [4.69, 9.17) is 9.47 Å². The zero-order valence-corrected chi connectivity index (χ0v) is 12.5. The lowest BCUT2D eigenvalue weighted by Gasteiger charge is -2.36. The Bertz CT molecular complexity index is 414. The van der Waals surface area contributed by atoms with E-state index in [2.05, 4.69) is 34.0 Å². The largest absolute Gasteiger partial charge is 0.478 e. The summed E-state index contributed by atoms with van der Waals surface area (Å²) in [4.78, 5) is 11.0. The first-order chi connectivity index (χ1) is 9.70. The number of hydrogen-bond acceptors (Lipinski definition) is 6. The predicted molar refractivity (Wildman–Crippen MR) is 78.3 cm³/mol. The molecular weight excluding hydrogens is 256 g/mol. The highest BCUT2D eigenvalue weighted by Crippen LogP contribution is 2.17. The minimum atomic E-state index is 0.253. The van der Waals surface area contributed by atoms with Crippen LogP contribution in [0.15, 0.2) is 12.3 Å². The van der Waals surface area contributed by atoms with Gasteiger partial charge in [-0.3, -0.25) is 0 Å². The predicted octanol–water partition coefficient (Wildman–Crippen LogP) is 1.08. The molecule has 0 radical (unpaired) electrons. The Hall–Kier alpha value is -1.40. The van der Waals surface area contributed by atoms with Crippen LogP contribution in [0, 0.1) is 0 Å². The van der Waals surface area contributed by atoms with Crippen LogP contribution < -0.4 is 15.0 Å². The van der Waals surface area contributed by atoms with Crippen LogP contribution >= 0.6 is 0 Å². The Labute approximate surface area is 120 Å². The van der Waals surface area contributed by atoms with Gasteiger partial charge in [-0.15, -0.1) is 0 Å². The third kappa shape index (κ3) is 4.05. The van der Waals surface area contributed by atoms with Crippen LogP contribution in [0.2, 0.25) is 0 Å². The minimum Gasteiger partial charge on any atom is -0.478 e. The van der Waals surface area contributed by atoms with Crippen molar-refractivity contribution in [3.8, 4) is 5.88 Å². The molecule has 6 nitrogen and oxygen atoms in total. The fourth-order valence-electron chi connectivity index (χ4n) is 2.16. The third-order valence-electron chi connectivity index (χ3n) is 3.16. The average molecular weight is 280 g/mol. The molecule has 1 atom stereocenters. The molecule has 0 aliphatic carbocycles. The fourth-order valence-corrected chi connectivity index (χ4v) is 2.16. The molecule has 1 fully saturated rings. The van der Waals surface area contributed by atoms with Crippen molar-refractivity contribution in [2.24, 2.45) is 0 Å². The Morgan fingerprint density at radius 1 is 1.55 bits per heavy atom. The van der Waals surface area contributed by atoms with E-state index in [0.29, 0.717) is 31.7 Å². The van der Waals surface area contributed by atoms with E-state index < -0.39 is 0 Å². The van der Waals surface area contributed by atoms with E-state index >= 15 is 0 Å². The molecule has 112 valence electrons. The van der Waals surface area contributed by atoms with Crippen LogP contribution in [0.5, 0.6) is 5.88 Å². The topological polar surface area (TPSA) is 59.5 Å². The van der Waals surface area contributed by atoms with Gasteiger partial charge in [-0.2, -0.15) is 4.98 Å². The molecule has 1 unspecified atom stereocenters. The van der Waals surface area contributed by atoms with Gasteiger partial charge in [0.25, 0.3) is 0 Å². The van der Waals surface area contributed by atoms with Gasteiger partial charge < -0.3 is 19.7 Å². The maximum atomic E-state index is 5.58. The summed E-state index contributed by atoms with van der Waals surface area (Å²) in [5.74, 6) is 1.34. The number of hydrogen-bond donors (Lipinski definition) is 1. The van der Waals surface area contributed by atoms with E-state index in [9.17, 15) is 0 Å². The van der Waals surface area contributed by atoms with E-state index in [1.165, 1.54) is 0 Å². The molecule has 6 heteroatoms. The molecule has 0 bridgehead atoms. The van der Waals surface area contributed by atoms with Gasteiger partial charge in [0, 0.05) is 31.4 Å². The minimum absolute atomic E-state index is 0.253. The molecule has 1 N–H and O–H groups in total. The maximum absolute atomic E-state index is 5.58. The van der Waals surface area contributed by atoms with Gasteiger partial charge in [0.2, 0.25) is 11.8 Å². The molecule has 1 aliphatic rings. The van der Waals surface area contributed by atoms with Gasteiger partial charge in [-0.05, 0) is 6.92 Å². The molecule has 0 amide bonds. The van der Waals surface area contributed by atoms with Crippen LogP contribution in [0.1, 0.15) is 20.8 Å². The molecule has 0 aromatic carbocycles. The standard InChI is InChI=1S/C14H24N4O2/c1-4-20-13-5-6-15-14(17-13)18-7-8-19-10-12(18)9-16-11(2)3/h5-6,11-12,16H,4,7-10H2,1-3H3. The average Bonchev–Trinajstić information content (AvgIpc) is 2.46. The second-order valence-electron chi connectivity index (χ2n) is 5.11. The highest BCUT2D eigenvalue weighted by atomic mass is 16.5. The summed E-state index contributed by atoms with van der Waals surface area (Å²) in [6.45, 7) is 9.91. The molecule has 1 aliphatic heterocycles. The van der Waals surface area contributed by atoms with Gasteiger partial charge in [0.15, 0.2) is 0 Å². The van der Waals surface area contributed by atoms with Crippen molar-refractivity contribution in [3.05, 3.63) is 12.3 Å². The van der Waals surface area contributed by atoms with Crippen LogP contribution in [-0.4, -0.2) is 55.0 Å². The molecular formula is C14H24N4O2. The Morgan fingerprint density at radius 2 is 2.40 bits per heavy atom. The van der Waals surface area contributed by atoms with E-state index in [-0.39, 0.29) is 6.04 Å². The number of nitrogens with zero attached hydrogens (tertiary/aromatic N) is 3. The van der Waals surface area contributed by atoms with Crippen molar-refractivity contribution in [1.29, 1.82) is 0 Å². The van der Waals surface area contributed by atoms with Crippen LogP contribution in [0.25, 0.3) is 0 Å². The second kappa shape index (κ2) is 7.40. The van der Waals surface area contributed by atoms with Crippen LogP contribution in [0.4, 0.5) is 5.95 Å². The number of ether oxygens (including phenoxy) is 2. The van der Waals surface area contributed by atoms with Crippen molar-refractivity contribution in [3.63, 3.8) is 0 Å². The van der Waals surface area contributed by atoms with Gasteiger partial charge in [-0.1, -0.05) is 13.8 Å². The zero-order valence-electron chi connectivity index (χ0n) is 12.5. The number of anilines is 1. The van der Waals surface area contributed by atoms with Gasteiger partial charge in [0.05, 0.1) is 25.9 Å². The molecule has 1 saturated heterocycles. The highest BCUT2D eigenvalue weighted by molar-refractivity contribution is 5.34. The van der Waals surface area contributed by atoms with Crippen molar-refractivity contribution >= 4 is 5.95 Å². The number of nitrogens with one attached hydrogen (secondary N) is 1. The quantitative estimate of drug-likeness (QED) is 0.841. The molecule has 20 heavy (non-hydrogen) atoms. The summed E-state index contributed by atoms with van der Waals surface area (Å²) in [6.07, 6.45) is 1.75. The Morgan fingerprint density at radius 3 is 3.15 bits per heavy atom. The lowest BCUT2D eigenvalue weighted by molar-refractivity contribution is 0.0922.